The van der Waals surface area contributed by atoms with Crippen molar-refractivity contribution in [2.45, 2.75) is 32.7 Å². The molecular formula is C24H33ClN4O3. The van der Waals surface area contributed by atoms with E-state index in [9.17, 15) is 4.79 Å². The third kappa shape index (κ3) is 7.14. The number of esters is 1. The molecule has 4 N–H and O–H groups in total. The Morgan fingerprint density at radius 3 is 2.50 bits per heavy atom. The lowest BCUT2D eigenvalue weighted by Gasteiger charge is -2.21. The largest absolute Gasteiger partial charge is 0.492 e. The van der Waals surface area contributed by atoms with Gasteiger partial charge in [0.1, 0.15) is 18.2 Å². The predicted molar refractivity (Wildman–Crippen MR) is 130 cm³/mol. The first-order valence-electron chi connectivity index (χ1n) is 10.8. The molecule has 0 aromatic heterocycles. The Morgan fingerprint density at radius 2 is 1.88 bits per heavy atom. The lowest BCUT2D eigenvalue weighted by atomic mass is 10.0. The molecule has 32 heavy (non-hydrogen) atoms. The van der Waals surface area contributed by atoms with Crippen LogP contribution in [-0.2, 0) is 9.53 Å². The van der Waals surface area contributed by atoms with E-state index in [0.717, 1.165) is 42.2 Å². The highest BCUT2D eigenvalue weighted by Gasteiger charge is 2.23. The number of carbonyl (C=O) groups is 1. The Kier molecular flexibility index (Phi) is 9.81. The molecule has 0 saturated carbocycles. The Balaban J connectivity index is 0.00000363. The van der Waals surface area contributed by atoms with E-state index < -0.39 is 6.04 Å². The van der Waals surface area contributed by atoms with Gasteiger partial charge in [-0.1, -0.05) is 6.07 Å². The number of hydrogen-bond donors (Lipinski definition) is 3. The van der Waals surface area contributed by atoms with Gasteiger partial charge in [-0.25, -0.2) is 4.79 Å². The van der Waals surface area contributed by atoms with Crippen LogP contribution in [-0.4, -0.2) is 49.6 Å². The molecular weight excluding hydrogens is 428 g/mol. The summed E-state index contributed by atoms with van der Waals surface area (Å²) in [5, 5.41) is 10.8. The Hall–Kier alpha value is -2.77. The second kappa shape index (κ2) is 12.3. The van der Waals surface area contributed by atoms with Crippen molar-refractivity contribution < 1.29 is 14.3 Å². The normalized spacial score (nSPS) is 14.3. The molecule has 1 fully saturated rings. The minimum absolute atomic E-state index is 0. The molecule has 0 aliphatic carbocycles. The molecule has 7 nitrogen and oxygen atoms in total. The molecule has 1 aliphatic rings. The maximum Gasteiger partial charge on any atom is 0.333 e. The Labute approximate surface area is 196 Å². The van der Waals surface area contributed by atoms with E-state index >= 15 is 0 Å². The molecule has 1 heterocycles. The molecule has 0 amide bonds. The molecule has 0 bridgehead atoms. The molecule has 0 radical (unpaired) electrons. The number of nitrogens with one attached hydrogen (secondary N) is 2. The fraction of sp³-hybridized carbons (Fsp3) is 0.417. The van der Waals surface area contributed by atoms with E-state index in [1.165, 1.54) is 12.8 Å². The Bertz CT molecular complexity index is 899. The van der Waals surface area contributed by atoms with E-state index in [-0.39, 0.29) is 24.2 Å². The average molecular weight is 461 g/mol. The zero-order chi connectivity index (χ0) is 22.2. The monoisotopic (exact) mass is 460 g/mol. The van der Waals surface area contributed by atoms with Gasteiger partial charge in [-0.3, -0.25) is 10.3 Å². The number of anilines is 1. The number of hydrogen-bond acceptors (Lipinski definition) is 6. The zero-order valence-electron chi connectivity index (χ0n) is 18.7. The van der Waals surface area contributed by atoms with Crippen LogP contribution in [0.3, 0.4) is 0 Å². The van der Waals surface area contributed by atoms with Crippen molar-refractivity contribution >= 4 is 29.9 Å². The highest BCUT2D eigenvalue weighted by molar-refractivity contribution is 5.95. The van der Waals surface area contributed by atoms with Gasteiger partial charge in [0.2, 0.25) is 0 Å². The first kappa shape index (κ1) is 25.5. The fourth-order valence-corrected chi connectivity index (χ4v) is 3.74. The molecule has 1 unspecified atom stereocenters. The third-order valence-electron chi connectivity index (χ3n) is 5.31. The summed E-state index contributed by atoms with van der Waals surface area (Å²) in [7, 11) is 0. The maximum absolute atomic E-state index is 12.7. The topological polar surface area (TPSA) is 101 Å². The molecule has 3 rings (SSSR count). The first-order chi connectivity index (χ1) is 15.0. The van der Waals surface area contributed by atoms with Crippen LogP contribution < -0.4 is 15.8 Å². The smallest absolute Gasteiger partial charge is 0.333 e. The van der Waals surface area contributed by atoms with Gasteiger partial charge in [-0.05, 0) is 87.3 Å². The number of nitrogens with zero attached hydrogens (tertiary/aromatic N) is 1. The number of benzene rings is 2. The summed E-state index contributed by atoms with van der Waals surface area (Å²) < 4.78 is 11.3. The van der Waals surface area contributed by atoms with Crippen molar-refractivity contribution in [1.82, 2.24) is 4.90 Å². The highest BCUT2D eigenvalue weighted by Crippen LogP contribution is 2.27. The summed E-state index contributed by atoms with van der Waals surface area (Å²) in [6, 6.07) is 12.3. The van der Waals surface area contributed by atoms with E-state index in [1.54, 1.807) is 31.2 Å². The average Bonchev–Trinajstić information content (AvgIpc) is 3.25. The van der Waals surface area contributed by atoms with Crippen molar-refractivity contribution in [3.63, 3.8) is 0 Å². The zero-order valence-corrected chi connectivity index (χ0v) is 19.5. The summed E-state index contributed by atoms with van der Waals surface area (Å²) in [4.78, 5) is 15.2. The number of amidine groups is 1. The fourth-order valence-electron chi connectivity index (χ4n) is 3.74. The predicted octanol–water partition coefficient (Wildman–Crippen LogP) is 3.89. The van der Waals surface area contributed by atoms with Gasteiger partial charge in [0.15, 0.2) is 6.04 Å². The van der Waals surface area contributed by atoms with Crippen molar-refractivity contribution in [1.29, 1.82) is 5.41 Å². The summed E-state index contributed by atoms with van der Waals surface area (Å²) in [5.41, 5.74) is 8.69. The minimum atomic E-state index is -0.677. The molecule has 174 valence electrons. The van der Waals surface area contributed by atoms with Gasteiger partial charge in [0.25, 0.3) is 0 Å². The number of rotatable bonds is 10. The molecule has 1 aliphatic heterocycles. The minimum Gasteiger partial charge on any atom is -0.492 e. The summed E-state index contributed by atoms with van der Waals surface area (Å²) in [6.45, 7) is 7.88. The van der Waals surface area contributed by atoms with E-state index in [4.69, 9.17) is 20.6 Å². The van der Waals surface area contributed by atoms with Crippen LogP contribution in [0.2, 0.25) is 0 Å². The van der Waals surface area contributed by atoms with Crippen molar-refractivity contribution in [3.8, 4) is 5.75 Å². The number of carbonyl (C=O) groups excluding carboxylic acids is 1. The molecule has 8 heteroatoms. The molecule has 0 spiro atoms. The number of nitrogens with two attached hydrogens (primary N) is 1. The van der Waals surface area contributed by atoms with Crippen LogP contribution in [0.1, 0.15) is 42.5 Å². The van der Waals surface area contributed by atoms with Gasteiger partial charge in [0.05, 0.1) is 6.61 Å². The second-order valence-electron chi connectivity index (χ2n) is 7.80. The van der Waals surface area contributed by atoms with Crippen molar-refractivity contribution in [2.24, 2.45) is 5.73 Å². The van der Waals surface area contributed by atoms with Crippen LogP contribution in [0.25, 0.3) is 0 Å². The number of likely N-dealkylation sites (tertiary alicyclic amines) is 1. The third-order valence-corrected chi connectivity index (χ3v) is 5.31. The van der Waals surface area contributed by atoms with Crippen molar-refractivity contribution in [3.05, 3.63) is 59.2 Å². The SMILES string of the molecule is CCOC(=O)C(Nc1ccc(C(=N)N)cc1)c1cc(C)cc(OCCN2CCCC2)c1.Cl. The molecule has 1 atom stereocenters. The summed E-state index contributed by atoms with van der Waals surface area (Å²) >= 11 is 0. The van der Waals surface area contributed by atoms with E-state index in [2.05, 4.69) is 10.2 Å². The first-order valence-corrected chi connectivity index (χ1v) is 10.8. The van der Waals surface area contributed by atoms with Crippen molar-refractivity contribution in [2.75, 3.05) is 38.2 Å². The highest BCUT2D eigenvalue weighted by atomic mass is 35.5. The molecule has 2 aromatic carbocycles. The standard InChI is InChI=1S/C24H32N4O3.ClH/c1-3-30-24(29)22(27-20-8-6-18(7-9-20)23(25)26)19-14-17(2)15-21(16-19)31-13-12-28-10-4-5-11-28;/h6-9,14-16,22,27H,3-5,10-13H2,1-2H3,(H3,25,26);1H. The maximum atomic E-state index is 12.7. The van der Waals surface area contributed by atoms with Crippen LogP contribution in [0.4, 0.5) is 5.69 Å². The van der Waals surface area contributed by atoms with Crippen LogP contribution >= 0.6 is 12.4 Å². The number of nitrogen functional groups attached to an aromatic ring is 1. The molecule has 2 aromatic rings. The van der Waals surface area contributed by atoms with E-state index in [0.29, 0.717) is 18.8 Å². The van der Waals surface area contributed by atoms with Crippen LogP contribution in [0.15, 0.2) is 42.5 Å². The van der Waals surface area contributed by atoms with Gasteiger partial charge in [-0.15, -0.1) is 12.4 Å². The number of halogens is 1. The second-order valence-corrected chi connectivity index (χ2v) is 7.80. The number of ether oxygens (including phenoxy) is 2. The van der Waals surface area contributed by atoms with Crippen LogP contribution in [0, 0.1) is 12.3 Å². The van der Waals surface area contributed by atoms with E-state index in [1.807, 2.05) is 25.1 Å². The van der Waals surface area contributed by atoms with Gasteiger partial charge in [-0.2, -0.15) is 0 Å². The molecule has 1 saturated heterocycles. The van der Waals surface area contributed by atoms with Crippen LogP contribution in [0.5, 0.6) is 5.75 Å². The Morgan fingerprint density at radius 1 is 1.19 bits per heavy atom. The quantitative estimate of drug-likeness (QED) is 0.282. The van der Waals surface area contributed by atoms with Gasteiger partial charge < -0.3 is 20.5 Å². The lowest BCUT2D eigenvalue weighted by Crippen LogP contribution is -2.25. The summed E-state index contributed by atoms with van der Waals surface area (Å²) in [5.74, 6) is 0.395. The summed E-state index contributed by atoms with van der Waals surface area (Å²) in [6.07, 6.45) is 2.52. The number of aryl methyl sites for hydroxylation is 1. The van der Waals surface area contributed by atoms with Gasteiger partial charge >= 0.3 is 5.97 Å². The lowest BCUT2D eigenvalue weighted by molar-refractivity contribution is -0.144. The van der Waals surface area contributed by atoms with Gasteiger partial charge in [0, 0.05) is 17.8 Å².